The normalized spacial score (nSPS) is 14.6. The molecular weight excluding hydrogens is 358 g/mol. The number of morpholine rings is 1. The zero-order valence-electron chi connectivity index (χ0n) is 12.6. The molecule has 1 fully saturated rings. The van der Waals surface area contributed by atoms with Crippen LogP contribution in [0, 0.1) is 0 Å². The molecule has 2 aromatic rings. The van der Waals surface area contributed by atoms with Gasteiger partial charge in [0.05, 0.1) is 24.6 Å². The summed E-state index contributed by atoms with van der Waals surface area (Å²) in [6.45, 7) is 2.96. The van der Waals surface area contributed by atoms with Crippen LogP contribution in [0.15, 0.2) is 46.9 Å². The lowest BCUT2D eigenvalue weighted by Crippen LogP contribution is -2.36. The molecule has 0 radical (unpaired) electrons. The van der Waals surface area contributed by atoms with Crippen LogP contribution in [0.4, 0.5) is 17.1 Å². The van der Waals surface area contributed by atoms with Crippen molar-refractivity contribution in [3.05, 3.63) is 52.5 Å². The number of carbonyl (C=O) groups is 1. The first kappa shape index (κ1) is 15.8. The summed E-state index contributed by atoms with van der Waals surface area (Å²) >= 11 is 3.38. The van der Waals surface area contributed by atoms with Gasteiger partial charge in [-0.25, -0.2) is 0 Å². The molecule has 3 N–H and O–H groups in total. The third-order valence-corrected chi connectivity index (χ3v) is 4.20. The van der Waals surface area contributed by atoms with Crippen molar-refractivity contribution < 1.29 is 9.53 Å². The lowest BCUT2D eigenvalue weighted by molar-refractivity contribution is 0.102. The predicted octanol–water partition coefficient (Wildman–Crippen LogP) is 3.12. The van der Waals surface area contributed by atoms with Crippen LogP contribution in [0.5, 0.6) is 0 Å². The van der Waals surface area contributed by atoms with Gasteiger partial charge in [-0.1, -0.05) is 22.0 Å². The minimum atomic E-state index is -0.161. The van der Waals surface area contributed by atoms with Gasteiger partial charge in [-0.05, 0) is 36.4 Å². The van der Waals surface area contributed by atoms with Crippen molar-refractivity contribution >= 4 is 38.9 Å². The van der Waals surface area contributed by atoms with E-state index < -0.39 is 0 Å². The number of halogens is 1. The van der Waals surface area contributed by atoms with Gasteiger partial charge in [-0.15, -0.1) is 0 Å². The third kappa shape index (κ3) is 3.83. The maximum Gasteiger partial charge on any atom is 0.255 e. The number of anilines is 3. The van der Waals surface area contributed by atoms with Gasteiger partial charge in [-0.2, -0.15) is 0 Å². The number of ether oxygens (including phenoxy) is 1. The van der Waals surface area contributed by atoms with E-state index in [-0.39, 0.29) is 5.91 Å². The smallest absolute Gasteiger partial charge is 0.255 e. The third-order valence-electron chi connectivity index (χ3n) is 3.71. The molecule has 0 aliphatic carbocycles. The molecule has 2 aromatic carbocycles. The van der Waals surface area contributed by atoms with Gasteiger partial charge in [0.2, 0.25) is 0 Å². The summed E-state index contributed by atoms with van der Waals surface area (Å²) in [5.74, 6) is -0.161. The molecule has 1 aliphatic heterocycles. The van der Waals surface area contributed by atoms with Crippen LogP contribution in [-0.4, -0.2) is 32.2 Å². The predicted molar refractivity (Wildman–Crippen MR) is 96.0 cm³/mol. The molecule has 0 spiro atoms. The molecule has 1 amide bonds. The number of benzene rings is 2. The van der Waals surface area contributed by atoms with Gasteiger partial charge in [0, 0.05) is 28.8 Å². The monoisotopic (exact) mass is 375 g/mol. The van der Waals surface area contributed by atoms with Crippen LogP contribution in [-0.2, 0) is 4.74 Å². The standard InChI is InChI=1S/C17H18BrN3O2/c18-13-3-1-2-12(10-13)17(22)20-15-11-14(19)4-5-16(15)21-6-8-23-9-7-21/h1-5,10-11H,6-9,19H2,(H,20,22). The number of nitrogens with one attached hydrogen (secondary N) is 1. The molecule has 0 saturated carbocycles. The summed E-state index contributed by atoms with van der Waals surface area (Å²) in [4.78, 5) is 14.7. The van der Waals surface area contributed by atoms with Gasteiger partial charge in [0.1, 0.15) is 0 Å². The summed E-state index contributed by atoms with van der Waals surface area (Å²) < 4.78 is 6.26. The molecule has 1 aliphatic rings. The number of nitrogens with two attached hydrogens (primary N) is 1. The lowest BCUT2D eigenvalue weighted by atomic mass is 10.1. The molecule has 23 heavy (non-hydrogen) atoms. The first-order valence-electron chi connectivity index (χ1n) is 7.42. The molecule has 0 atom stereocenters. The molecule has 6 heteroatoms. The van der Waals surface area contributed by atoms with E-state index in [0.29, 0.717) is 24.5 Å². The fourth-order valence-corrected chi connectivity index (χ4v) is 2.96. The SMILES string of the molecule is Nc1ccc(N2CCOCC2)c(NC(=O)c2cccc(Br)c2)c1. The van der Waals surface area contributed by atoms with Crippen molar-refractivity contribution in [2.24, 2.45) is 0 Å². The maximum atomic E-state index is 12.5. The molecular formula is C17H18BrN3O2. The number of hydrogen-bond acceptors (Lipinski definition) is 4. The highest BCUT2D eigenvalue weighted by Crippen LogP contribution is 2.29. The van der Waals surface area contributed by atoms with Crippen LogP contribution in [0.2, 0.25) is 0 Å². The lowest BCUT2D eigenvalue weighted by Gasteiger charge is -2.30. The Balaban J connectivity index is 1.86. The molecule has 5 nitrogen and oxygen atoms in total. The van der Waals surface area contributed by atoms with Crippen LogP contribution in [0.1, 0.15) is 10.4 Å². The second-order valence-corrected chi connectivity index (χ2v) is 6.26. The number of hydrogen-bond donors (Lipinski definition) is 2. The first-order chi connectivity index (χ1) is 11.1. The second kappa shape index (κ2) is 7.02. The van der Waals surface area contributed by atoms with E-state index >= 15 is 0 Å². The number of nitrogen functional groups attached to an aromatic ring is 1. The van der Waals surface area contributed by atoms with Crippen molar-refractivity contribution in [1.29, 1.82) is 0 Å². The summed E-state index contributed by atoms with van der Waals surface area (Å²) in [7, 11) is 0. The Hall–Kier alpha value is -2.05. The molecule has 1 saturated heterocycles. The highest BCUT2D eigenvalue weighted by atomic mass is 79.9. The van der Waals surface area contributed by atoms with Gasteiger partial charge in [0.15, 0.2) is 0 Å². The van der Waals surface area contributed by atoms with Crippen LogP contribution >= 0.6 is 15.9 Å². The Morgan fingerprint density at radius 1 is 1.17 bits per heavy atom. The molecule has 0 bridgehead atoms. The topological polar surface area (TPSA) is 67.6 Å². The van der Waals surface area contributed by atoms with E-state index in [1.807, 2.05) is 24.3 Å². The average Bonchev–Trinajstić information content (AvgIpc) is 2.56. The fraction of sp³-hybridized carbons (Fsp3) is 0.235. The second-order valence-electron chi connectivity index (χ2n) is 5.34. The molecule has 0 unspecified atom stereocenters. The van der Waals surface area contributed by atoms with Crippen molar-refractivity contribution in [2.45, 2.75) is 0 Å². The highest BCUT2D eigenvalue weighted by Gasteiger charge is 2.17. The van der Waals surface area contributed by atoms with Gasteiger partial charge in [0.25, 0.3) is 5.91 Å². The number of amides is 1. The van der Waals surface area contributed by atoms with E-state index in [0.717, 1.165) is 28.9 Å². The van der Waals surface area contributed by atoms with Crippen LogP contribution in [0.3, 0.4) is 0 Å². The highest BCUT2D eigenvalue weighted by molar-refractivity contribution is 9.10. The number of nitrogens with zero attached hydrogens (tertiary/aromatic N) is 1. The largest absolute Gasteiger partial charge is 0.399 e. The van der Waals surface area contributed by atoms with Crippen molar-refractivity contribution in [1.82, 2.24) is 0 Å². The van der Waals surface area contributed by atoms with Gasteiger partial charge in [-0.3, -0.25) is 4.79 Å². The number of rotatable bonds is 3. The summed E-state index contributed by atoms with van der Waals surface area (Å²) in [5.41, 5.74) is 8.79. The van der Waals surface area contributed by atoms with Crippen molar-refractivity contribution in [3.8, 4) is 0 Å². The Morgan fingerprint density at radius 2 is 1.96 bits per heavy atom. The molecule has 0 aromatic heterocycles. The Kier molecular flexibility index (Phi) is 4.83. The summed E-state index contributed by atoms with van der Waals surface area (Å²) in [6.07, 6.45) is 0. The maximum absolute atomic E-state index is 12.5. The van der Waals surface area contributed by atoms with E-state index in [1.54, 1.807) is 18.2 Å². The minimum absolute atomic E-state index is 0.161. The zero-order chi connectivity index (χ0) is 16.2. The van der Waals surface area contributed by atoms with E-state index in [2.05, 4.69) is 26.1 Å². The quantitative estimate of drug-likeness (QED) is 0.808. The van der Waals surface area contributed by atoms with Crippen LogP contribution in [0.25, 0.3) is 0 Å². The summed E-state index contributed by atoms with van der Waals surface area (Å²) in [5, 5.41) is 2.97. The van der Waals surface area contributed by atoms with E-state index in [9.17, 15) is 4.79 Å². The van der Waals surface area contributed by atoms with Crippen molar-refractivity contribution in [3.63, 3.8) is 0 Å². The van der Waals surface area contributed by atoms with E-state index in [4.69, 9.17) is 10.5 Å². The van der Waals surface area contributed by atoms with E-state index in [1.165, 1.54) is 0 Å². The Labute approximate surface area is 143 Å². The van der Waals surface area contributed by atoms with Gasteiger partial charge >= 0.3 is 0 Å². The Morgan fingerprint density at radius 3 is 2.70 bits per heavy atom. The Bertz CT molecular complexity index is 715. The first-order valence-corrected chi connectivity index (χ1v) is 8.22. The average molecular weight is 376 g/mol. The molecule has 3 rings (SSSR count). The van der Waals surface area contributed by atoms with Crippen LogP contribution < -0.4 is 16.0 Å². The van der Waals surface area contributed by atoms with Crippen molar-refractivity contribution in [2.75, 3.05) is 42.3 Å². The fourth-order valence-electron chi connectivity index (χ4n) is 2.56. The molecule has 1 heterocycles. The summed E-state index contributed by atoms with van der Waals surface area (Å²) in [6, 6.07) is 12.9. The van der Waals surface area contributed by atoms with Gasteiger partial charge < -0.3 is 20.7 Å². The minimum Gasteiger partial charge on any atom is -0.399 e. The zero-order valence-corrected chi connectivity index (χ0v) is 14.2. The molecule has 120 valence electrons. The number of carbonyl (C=O) groups excluding carboxylic acids is 1.